The van der Waals surface area contributed by atoms with Gasteiger partial charge in [0.15, 0.2) is 6.29 Å². The predicted molar refractivity (Wildman–Crippen MR) is 82.3 cm³/mol. The number of rotatable bonds is 8. The largest absolute Gasteiger partial charge is 0.493 e. The predicted octanol–water partition coefficient (Wildman–Crippen LogP) is 4.15. The molecule has 0 unspecified atom stereocenters. The zero-order chi connectivity index (χ0) is 15.0. The molecule has 3 nitrogen and oxygen atoms in total. The molecule has 0 bridgehead atoms. The fraction of sp³-hybridized carbons (Fsp3) is 0.647. The summed E-state index contributed by atoms with van der Waals surface area (Å²) in [6.45, 7) is 12.5. The lowest BCUT2D eigenvalue weighted by Crippen LogP contribution is -2.20. The highest BCUT2D eigenvalue weighted by Gasteiger charge is 2.14. The van der Waals surface area contributed by atoms with Crippen LogP contribution in [0.15, 0.2) is 24.3 Å². The molecule has 0 spiro atoms. The van der Waals surface area contributed by atoms with Crippen LogP contribution in [-0.2, 0) is 14.9 Å². The zero-order valence-corrected chi connectivity index (χ0v) is 13.4. The first kappa shape index (κ1) is 17.0. The van der Waals surface area contributed by atoms with Gasteiger partial charge in [-0.1, -0.05) is 32.9 Å². The van der Waals surface area contributed by atoms with E-state index in [0.717, 1.165) is 12.2 Å². The smallest absolute Gasteiger partial charge is 0.160 e. The van der Waals surface area contributed by atoms with E-state index in [4.69, 9.17) is 14.2 Å². The van der Waals surface area contributed by atoms with Crippen LogP contribution in [0.1, 0.15) is 46.6 Å². The van der Waals surface area contributed by atoms with E-state index in [1.54, 1.807) is 0 Å². The molecule has 0 N–H and O–H groups in total. The van der Waals surface area contributed by atoms with Gasteiger partial charge in [0.05, 0.1) is 6.61 Å². The van der Waals surface area contributed by atoms with E-state index in [1.165, 1.54) is 5.56 Å². The summed E-state index contributed by atoms with van der Waals surface area (Å²) in [6.07, 6.45) is 0.567. The molecule has 1 aromatic rings. The maximum absolute atomic E-state index is 5.80. The molecular formula is C17H28O3. The van der Waals surface area contributed by atoms with Crippen LogP contribution < -0.4 is 4.74 Å². The van der Waals surface area contributed by atoms with Gasteiger partial charge in [0.1, 0.15) is 5.75 Å². The average Bonchev–Trinajstić information content (AvgIpc) is 2.38. The summed E-state index contributed by atoms with van der Waals surface area (Å²) in [4.78, 5) is 0. The summed E-state index contributed by atoms with van der Waals surface area (Å²) in [6, 6.07) is 8.27. The molecule has 0 fully saturated rings. The molecule has 20 heavy (non-hydrogen) atoms. The fourth-order valence-electron chi connectivity index (χ4n) is 1.91. The van der Waals surface area contributed by atoms with Crippen molar-refractivity contribution < 1.29 is 14.2 Å². The second kappa shape index (κ2) is 8.28. The molecule has 0 radical (unpaired) electrons. The van der Waals surface area contributed by atoms with Gasteiger partial charge in [-0.2, -0.15) is 0 Å². The minimum Gasteiger partial charge on any atom is -0.493 e. The summed E-state index contributed by atoms with van der Waals surface area (Å²) in [7, 11) is 0. The van der Waals surface area contributed by atoms with Gasteiger partial charge in [-0.3, -0.25) is 0 Å². The lowest BCUT2D eigenvalue weighted by atomic mass is 9.87. The van der Waals surface area contributed by atoms with E-state index in [0.29, 0.717) is 19.8 Å². The van der Waals surface area contributed by atoms with E-state index in [1.807, 2.05) is 26.0 Å². The summed E-state index contributed by atoms with van der Waals surface area (Å²) >= 11 is 0. The Bertz CT molecular complexity index is 376. The normalized spacial score (nSPS) is 11.9. The second-order valence-electron chi connectivity index (χ2n) is 5.76. The van der Waals surface area contributed by atoms with Crippen molar-refractivity contribution in [3.05, 3.63) is 29.8 Å². The van der Waals surface area contributed by atoms with Gasteiger partial charge in [-0.05, 0) is 37.0 Å². The Morgan fingerprint density at radius 3 is 2.25 bits per heavy atom. The molecule has 0 amide bonds. The third-order valence-electron chi connectivity index (χ3n) is 3.03. The highest BCUT2D eigenvalue weighted by molar-refractivity contribution is 5.32. The van der Waals surface area contributed by atoms with E-state index in [9.17, 15) is 0 Å². The van der Waals surface area contributed by atoms with Crippen LogP contribution >= 0.6 is 0 Å². The first-order valence-corrected chi connectivity index (χ1v) is 7.44. The second-order valence-corrected chi connectivity index (χ2v) is 5.76. The van der Waals surface area contributed by atoms with Crippen molar-refractivity contribution in [2.75, 3.05) is 19.8 Å². The number of benzene rings is 1. The van der Waals surface area contributed by atoms with Gasteiger partial charge in [0.25, 0.3) is 0 Å². The summed E-state index contributed by atoms with van der Waals surface area (Å²) in [5.74, 6) is 0.907. The standard InChI is InChI=1S/C17H28O3/c1-6-18-16(19-7-2)11-12-20-15-10-8-9-14(13-15)17(3,4)5/h8-10,13,16H,6-7,11-12H2,1-5H3. The van der Waals surface area contributed by atoms with Crippen LogP contribution in [-0.4, -0.2) is 26.1 Å². The van der Waals surface area contributed by atoms with Crippen LogP contribution in [0.3, 0.4) is 0 Å². The Balaban J connectivity index is 2.49. The van der Waals surface area contributed by atoms with Crippen molar-refractivity contribution in [1.82, 2.24) is 0 Å². The van der Waals surface area contributed by atoms with Crippen molar-refractivity contribution in [2.45, 2.75) is 52.7 Å². The van der Waals surface area contributed by atoms with Crippen LogP contribution in [0.2, 0.25) is 0 Å². The van der Waals surface area contributed by atoms with E-state index < -0.39 is 0 Å². The molecule has 0 aliphatic rings. The Labute approximate surface area is 123 Å². The molecule has 0 aromatic heterocycles. The minimum absolute atomic E-state index is 0.137. The van der Waals surface area contributed by atoms with Gasteiger partial charge >= 0.3 is 0 Å². The maximum Gasteiger partial charge on any atom is 0.160 e. The number of hydrogen-bond acceptors (Lipinski definition) is 3. The molecule has 1 aromatic carbocycles. The fourth-order valence-corrected chi connectivity index (χ4v) is 1.91. The Morgan fingerprint density at radius 1 is 1.05 bits per heavy atom. The van der Waals surface area contributed by atoms with Crippen LogP contribution in [0, 0.1) is 0 Å². The third kappa shape index (κ3) is 5.93. The molecule has 0 aliphatic heterocycles. The van der Waals surface area contributed by atoms with Gasteiger partial charge < -0.3 is 14.2 Å². The Morgan fingerprint density at radius 2 is 1.70 bits per heavy atom. The summed E-state index contributed by atoms with van der Waals surface area (Å²) in [5, 5.41) is 0. The van der Waals surface area contributed by atoms with E-state index in [2.05, 4.69) is 32.9 Å². The summed E-state index contributed by atoms with van der Waals surface area (Å²) < 4.78 is 16.8. The average molecular weight is 280 g/mol. The van der Waals surface area contributed by atoms with Crippen LogP contribution in [0.4, 0.5) is 0 Å². The molecule has 0 heterocycles. The lowest BCUT2D eigenvalue weighted by Gasteiger charge is -2.20. The van der Waals surface area contributed by atoms with Crippen molar-refractivity contribution in [2.24, 2.45) is 0 Å². The number of ether oxygens (including phenoxy) is 3. The lowest BCUT2D eigenvalue weighted by molar-refractivity contribution is -0.142. The topological polar surface area (TPSA) is 27.7 Å². The minimum atomic E-state index is -0.171. The van der Waals surface area contributed by atoms with E-state index >= 15 is 0 Å². The van der Waals surface area contributed by atoms with Crippen LogP contribution in [0.5, 0.6) is 5.75 Å². The van der Waals surface area contributed by atoms with Crippen molar-refractivity contribution >= 4 is 0 Å². The monoisotopic (exact) mass is 280 g/mol. The highest BCUT2D eigenvalue weighted by Crippen LogP contribution is 2.25. The number of hydrogen-bond donors (Lipinski definition) is 0. The van der Waals surface area contributed by atoms with Gasteiger partial charge in [0.2, 0.25) is 0 Å². The Hall–Kier alpha value is -1.06. The van der Waals surface area contributed by atoms with Gasteiger partial charge in [-0.25, -0.2) is 0 Å². The molecule has 0 aliphatic carbocycles. The quantitative estimate of drug-likeness (QED) is 0.669. The zero-order valence-electron chi connectivity index (χ0n) is 13.4. The third-order valence-corrected chi connectivity index (χ3v) is 3.03. The molecule has 0 saturated carbocycles. The first-order chi connectivity index (χ1) is 9.47. The SMILES string of the molecule is CCOC(CCOc1cccc(C(C)(C)C)c1)OCC. The van der Waals surface area contributed by atoms with Crippen molar-refractivity contribution in [3.8, 4) is 5.75 Å². The molecule has 0 saturated heterocycles. The van der Waals surface area contributed by atoms with Crippen LogP contribution in [0.25, 0.3) is 0 Å². The highest BCUT2D eigenvalue weighted by atomic mass is 16.7. The van der Waals surface area contributed by atoms with Gasteiger partial charge in [-0.15, -0.1) is 0 Å². The molecule has 1 rings (SSSR count). The Kier molecular flexibility index (Phi) is 7.03. The molecular weight excluding hydrogens is 252 g/mol. The van der Waals surface area contributed by atoms with Crippen molar-refractivity contribution in [1.29, 1.82) is 0 Å². The maximum atomic E-state index is 5.80. The molecule has 0 atom stereocenters. The van der Waals surface area contributed by atoms with E-state index in [-0.39, 0.29) is 11.7 Å². The van der Waals surface area contributed by atoms with Gasteiger partial charge in [0, 0.05) is 19.6 Å². The molecule has 114 valence electrons. The molecule has 3 heteroatoms. The van der Waals surface area contributed by atoms with Crippen molar-refractivity contribution in [3.63, 3.8) is 0 Å². The summed E-state index contributed by atoms with van der Waals surface area (Å²) in [5.41, 5.74) is 1.42. The first-order valence-electron chi connectivity index (χ1n) is 7.44.